The second-order valence-corrected chi connectivity index (χ2v) is 5.30. The molecule has 0 unspecified atom stereocenters. The van der Waals surface area contributed by atoms with Crippen molar-refractivity contribution in [1.29, 1.82) is 0 Å². The van der Waals surface area contributed by atoms with Gasteiger partial charge in [0, 0.05) is 6.07 Å². The number of nitrogens with zero attached hydrogens (tertiary/aromatic N) is 2. The highest BCUT2D eigenvalue weighted by molar-refractivity contribution is 9.11. The number of benzene rings is 1. The predicted molar refractivity (Wildman–Crippen MR) is 70.4 cm³/mol. The van der Waals surface area contributed by atoms with Crippen molar-refractivity contribution in [2.75, 3.05) is 19.5 Å². The van der Waals surface area contributed by atoms with Crippen molar-refractivity contribution in [1.82, 2.24) is 10.2 Å². The zero-order valence-electron chi connectivity index (χ0n) is 9.23. The molecule has 2 aromatic rings. The molecule has 7 heteroatoms. The molecule has 0 saturated heterocycles. The first-order valence-corrected chi connectivity index (χ1v) is 6.32. The minimum Gasteiger partial charge on any atom is -0.497 e. The van der Waals surface area contributed by atoms with E-state index in [9.17, 15) is 0 Å². The zero-order valence-corrected chi connectivity index (χ0v) is 11.6. The maximum atomic E-state index is 5.25. The Bertz CT molecular complexity index is 518. The van der Waals surface area contributed by atoms with Gasteiger partial charge < -0.3 is 14.8 Å². The van der Waals surface area contributed by atoms with Crippen molar-refractivity contribution in [3.8, 4) is 11.5 Å². The molecule has 0 radical (unpaired) electrons. The summed E-state index contributed by atoms with van der Waals surface area (Å²) in [5, 5.41) is 11.6. The van der Waals surface area contributed by atoms with Crippen LogP contribution < -0.4 is 14.8 Å². The standard InChI is InChI=1S/C10H10BrN3O2S/c1-15-6-3-4-8(16-2)7(5-6)12-10-14-13-9(11)17-10/h3-5H,1-2H3,(H,12,14). The van der Waals surface area contributed by atoms with Gasteiger partial charge in [-0.2, -0.15) is 0 Å². The van der Waals surface area contributed by atoms with E-state index in [-0.39, 0.29) is 0 Å². The molecule has 0 aliphatic heterocycles. The fraction of sp³-hybridized carbons (Fsp3) is 0.200. The Balaban J connectivity index is 2.29. The number of rotatable bonds is 4. The average molecular weight is 316 g/mol. The number of nitrogens with one attached hydrogen (secondary N) is 1. The molecule has 1 aromatic carbocycles. The van der Waals surface area contributed by atoms with Gasteiger partial charge in [0.2, 0.25) is 5.13 Å². The predicted octanol–water partition coefficient (Wildman–Crippen LogP) is 3.06. The number of aromatic nitrogens is 2. The Morgan fingerprint density at radius 1 is 1.24 bits per heavy atom. The molecule has 0 aliphatic carbocycles. The molecule has 2 rings (SSSR count). The molecule has 0 fully saturated rings. The van der Waals surface area contributed by atoms with Crippen LogP contribution in [0.1, 0.15) is 0 Å². The lowest BCUT2D eigenvalue weighted by molar-refractivity contribution is 0.405. The smallest absolute Gasteiger partial charge is 0.211 e. The lowest BCUT2D eigenvalue weighted by Gasteiger charge is -2.10. The second kappa shape index (κ2) is 5.33. The highest BCUT2D eigenvalue weighted by Gasteiger charge is 2.08. The van der Waals surface area contributed by atoms with Gasteiger partial charge in [0.25, 0.3) is 0 Å². The highest BCUT2D eigenvalue weighted by Crippen LogP contribution is 2.32. The molecule has 0 aliphatic rings. The van der Waals surface area contributed by atoms with Crippen molar-refractivity contribution >= 4 is 38.1 Å². The first kappa shape index (κ1) is 12.1. The van der Waals surface area contributed by atoms with Gasteiger partial charge in [0.15, 0.2) is 3.92 Å². The van der Waals surface area contributed by atoms with Crippen LogP contribution in [0.5, 0.6) is 11.5 Å². The molecule has 0 amide bonds. The van der Waals surface area contributed by atoms with Crippen LogP contribution in [-0.2, 0) is 0 Å². The summed E-state index contributed by atoms with van der Waals surface area (Å²) in [6.07, 6.45) is 0. The highest BCUT2D eigenvalue weighted by atomic mass is 79.9. The van der Waals surface area contributed by atoms with Crippen molar-refractivity contribution in [3.63, 3.8) is 0 Å². The Hall–Kier alpha value is -1.34. The maximum Gasteiger partial charge on any atom is 0.211 e. The lowest BCUT2D eigenvalue weighted by Crippen LogP contribution is -1.95. The summed E-state index contributed by atoms with van der Waals surface area (Å²) < 4.78 is 11.1. The summed E-state index contributed by atoms with van der Waals surface area (Å²) in [5.74, 6) is 1.47. The fourth-order valence-electron chi connectivity index (χ4n) is 1.28. The molecule has 0 bridgehead atoms. The van der Waals surface area contributed by atoms with Gasteiger partial charge in [0.05, 0.1) is 19.9 Å². The van der Waals surface area contributed by atoms with Gasteiger partial charge in [-0.25, -0.2) is 0 Å². The third-order valence-corrected chi connectivity index (χ3v) is 3.32. The lowest BCUT2D eigenvalue weighted by atomic mass is 10.3. The third kappa shape index (κ3) is 2.86. The maximum absolute atomic E-state index is 5.25. The van der Waals surface area contributed by atoms with Crippen molar-refractivity contribution in [2.45, 2.75) is 0 Å². The summed E-state index contributed by atoms with van der Waals surface area (Å²) in [7, 11) is 3.23. The number of anilines is 2. The first-order chi connectivity index (χ1) is 8.22. The molecule has 0 atom stereocenters. The van der Waals surface area contributed by atoms with E-state index in [4.69, 9.17) is 9.47 Å². The van der Waals surface area contributed by atoms with Crippen molar-refractivity contribution in [2.24, 2.45) is 0 Å². The summed E-state index contributed by atoms with van der Waals surface area (Å²) in [4.78, 5) is 0. The van der Waals surface area contributed by atoms with Crippen molar-refractivity contribution in [3.05, 3.63) is 22.1 Å². The molecule has 1 heterocycles. The quantitative estimate of drug-likeness (QED) is 0.939. The summed E-state index contributed by atoms with van der Waals surface area (Å²) >= 11 is 4.66. The number of hydrogen-bond acceptors (Lipinski definition) is 6. The van der Waals surface area contributed by atoms with Crippen LogP contribution in [0.15, 0.2) is 22.1 Å². The summed E-state index contributed by atoms with van der Waals surface area (Å²) in [5.41, 5.74) is 0.788. The van der Waals surface area contributed by atoms with Gasteiger partial charge in [-0.05, 0) is 28.1 Å². The number of ether oxygens (including phenoxy) is 2. The van der Waals surface area contributed by atoms with E-state index in [1.54, 1.807) is 14.2 Å². The molecule has 5 nitrogen and oxygen atoms in total. The van der Waals surface area contributed by atoms with E-state index in [0.717, 1.165) is 21.1 Å². The van der Waals surface area contributed by atoms with Gasteiger partial charge in [-0.1, -0.05) is 11.3 Å². The normalized spacial score (nSPS) is 10.1. The molecule has 1 N–H and O–H groups in total. The molecular weight excluding hydrogens is 306 g/mol. The Morgan fingerprint density at radius 2 is 2.06 bits per heavy atom. The first-order valence-electron chi connectivity index (χ1n) is 4.71. The molecule has 90 valence electrons. The van der Waals surface area contributed by atoms with Gasteiger partial charge in [-0.3, -0.25) is 0 Å². The topological polar surface area (TPSA) is 56.3 Å². The van der Waals surface area contributed by atoms with E-state index < -0.39 is 0 Å². The number of halogens is 1. The molecular formula is C10H10BrN3O2S. The minimum atomic E-state index is 0.684. The van der Waals surface area contributed by atoms with Gasteiger partial charge in [-0.15, -0.1) is 10.2 Å². The largest absolute Gasteiger partial charge is 0.497 e. The third-order valence-electron chi connectivity index (χ3n) is 2.05. The van der Waals surface area contributed by atoms with Crippen LogP contribution in [0, 0.1) is 0 Å². The van der Waals surface area contributed by atoms with E-state index in [1.165, 1.54) is 11.3 Å². The Kier molecular flexibility index (Phi) is 3.80. The van der Waals surface area contributed by atoms with E-state index in [0.29, 0.717) is 5.13 Å². The molecule has 0 saturated carbocycles. The van der Waals surface area contributed by atoms with Crippen LogP contribution in [0.3, 0.4) is 0 Å². The summed E-state index contributed by atoms with van der Waals surface area (Å²) in [6, 6.07) is 5.51. The van der Waals surface area contributed by atoms with Gasteiger partial charge in [0.1, 0.15) is 11.5 Å². The Morgan fingerprint density at radius 3 is 2.65 bits per heavy atom. The average Bonchev–Trinajstić information content (AvgIpc) is 2.74. The van der Waals surface area contributed by atoms with Crippen LogP contribution in [0.2, 0.25) is 0 Å². The van der Waals surface area contributed by atoms with Crippen molar-refractivity contribution < 1.29 is 9.47 Å². The summed E-state index contributed by atoms with van der Waals surface area (Å²) in [6.45, 7) is 0. The Labute approximate surface area is 111 Å². The van der Waals surface area contributed by atoms with E-state index in [2.05, 4.69) is 31.4 Å². The molecule has 1 aromatic heterocycles. The number of hydrogen-bond donors (Lipinski definition) is 1. The van der Waals surface area contributed by atoms with Crippen LogP contribution in [0.25, 0.3) is 0 Å². The molecule has 0 spiro atoms. The van der Waals surface area contributed by atoms with Crippen LogP contribution in [0.4, 0.5) is 10.8 Å². The van der Waals surface area contributed by atoms with Crippen LogP contribution in [-0.4, -0.2) is 24.4 Å². The number of methoxy groups -OCH3 is 2. The molecule has 17 heavy (non-hydrogen) atoms. The SMILES string of the molecule is COc1ccc(OC)c(Nc2nnc(Br)s2)c1. The van der Waals surface area contributed by atoms with Crippen LogP contribution >= 0.6 is 27.3 Å². The second-order valence-electron chi connectivity index (χ2n) is 3.05. The van der Waals surface area contributed by atoms with Gasteiger partial charge >= 0.3 is 0 Å². The minimum absolute atomic E-state index is 0.684. The zero-order chi connectivity index (χ0) is 12.3. The van der Waals surface area contributed by atoms with E-state index >= 15 is 0 Å². The monoisotopic (exact) mass is 315 g/mol. The fourth-order valence-corrected chi connectivity index (χ4v) is 2.31. The van der Waals surface area contributed by atoms with E-state index in [1.807, 2.05) is 18.2 Å².